The largest absolute Gasteiger partial charge is 0.507 e. The zero-order valence-corrected chi connectivity index (χ0v) is 20.3. The highest BCUT2D eigenvalue weighted by Crippen LogP contribution is 2.43. The van der Waals surface area contributed by atoms with E-state index in [9.17, 15) is 14.7 Å². The predicted octanol–water partition coefficient (Wildman–Crippen LogP) is 5.64. The molecule has 1 aromatic heterocycles. The summed E-state index contributed by atoms with van der Waals surface area (Å²) in [5.74, 6) is -1.41. The molecular weight excluding hydrogens is 475 g/mol. The molecule has 0 bridgehead atoms. The lowest BCUT2D eigenvalue weighted by atomic mass is 9.93. The summed E-state index contributed by atoms with van der Waals surface area (Å²) in [7, 11) is 1.49. The van der Waals surface area contributed by atoms with Gasteiger partial charge in [0.25, 0.3) is 11.7 Å². The highest BCUT2D eigenvalue weighted by Gasteiger charge is 2.46. The van der Waals surface area contributed by atoms with Gasteiger partial charge in [0.1, 0.15) is 11.5 Å². The minimum absolute atomic E-state index is 0.0458. The van der Waals surface area contributed by atoms with Gasteiger partial charge >= 0.3 is 0 Å². The van der Waals surface area contributed by atoms with Crippen molar-refractivity contribution in [2.45, 2.75) is 26.4 Å². The summed E-state index contributed by atoms with van der Waals surface area (Å²) in [4.78, 5) is 32.0. The molecule has 1 unspecified atom stereocenters. The molecule has 2 heterocycles. The number of aromatic nitrogens is 1. The molecule has 174 valence electrons. The van der Waals surface area contributed by atoms with Gasteiger partial charge in [0.15, 0.2) is 0 Å². The second-order valence-corrected chi connectivity index (χ2v) is 8.94. The Hall–Kier alpha value is -3.35. The number of Topliss-reactive ketones (excluding diaryl/α,β-unsaturated/α-hetero) is 1. The molecule has 1 aliphatic rings. The Bertz CT molecular complexity index is 1320. The molecule has 0 spiro atoms. The van der Waals surface area contributed by atoms with E-state index in [0.717, 1.165) is 16.7 Å². The number of aliphatic hydroxyl groups excluding tert-OH is 1. The molecule has 8 heteroatoms. The van der Waals surface area contributed by atoms with Gasteiger partial charge in [0.05, 0.1) is 34.3 Å². The number of ether oxygens (including phenoxy) is 1. The maximum atomic E-state index is 13.3. The molecule has 1 N–H and O–H groups in total. The van der Waals surface area contributed by atoms with E-state index < -0.39 is 17.7 Å². The molecule has 1 amide bonds. The van der Waals surface area contributed by atoms with E-state index in [1.54, 1.807) is 42.7 Å². The van der Waals surface area contributed by atoms with Crippen molar-refractivity contribution < 1.29 is 19.4 Å². The number of benzene rings is 2. The van der Waals surface area contributed by atoms with E-state index >= 15 is 0 Å². The topological polar surface area (TPSA) is 79.7 Å². The highest BCUT2D eigenvalue weighted by molar-refractivity contribution is 6.47. The highest BCUT2D eigenvalue weighted by atomic mass is 35.5. The Morgan fingerprint density at radius 1 is 1.12 bits per heavy atom. The number of aryl methyl sites for hydroxylation is 2. The molecule has 3 aromatic rings. The van der Waals surface area contributed by atoms with Crippen LogP contribution in [0.4, 0.5) is 0 Å². The number of hydrogen-bond donors (Lipinski definition) is 1. The second-order valence-electron chi connectivity index (χ2n) is 8.12. The molecule has 1 aliphatic heterocycles. The molecule has 1 fully saturated rings. The van der Waals surface area contributed by atoms with Crippen LogP contribution in [0.3, 0.4) is 0 Å². The number of ketones is 1. The molecule has 4 rings (SSSR count). The third-order valence-electron chi connectivity index (χ3n) is 5.75. The van der Waals surface area contributed by atoms with Crippen molar-refractivity contribution in [3.8, 4) is 5.75 Å². The van der Waals surface area contributed by atoms with Crippen LogP contribution < -0.4 is 4.74 Å². The van der Waals surface area contributed by atoms with Crippen molar-refractivity contribution >= 4 is 40.7 Å². The van der Waals surface area contributed by atoms with E-state index in [0.29, 0.717) is 21.9 Å². The Kier molecular flexibility index (Phi) is 6.64. The first-order chi connectivity index (χ1) is 16.2. The number of aliphatic hydroxyl groups is 1. The summed E-state index contributed by atoms with van der Waals surface area (Å²) in [5.41, 5.74) is 3.23. The Labute approximate surface area is 207 Å². The van der Waals surface area contributed by atoms with Crippen LogP contribution in [-0.4, -0.2) is 33.8 Å². The first kappa shape index (κ1) is 23.8. The first-order valence-electron chi connectivity index (χ1n) is 10.5. The minimum Gasteiger partial charge on any atom is -0.507 e. The molecule has 0 radical (unpaired) electrons. The van der Waals surface area contributed by atoms with Crippen LogP contribution in [-0.2, 0) is 16.1 Å². The van der Waals surface area contributed by atoms with Gasteiger partial charge in [-0.05, 0) is 60.4 Å². The zero-order chi connectivity index (χ0) is 24.6. The fraction of sp³-hybridized carbons (Fsp3) is 0.192. The Balaban J connectivity index is 1.95. The van der Waals surface area contributed by atoms with Gasteiger partial charge < -0.3 is 14.7 Å². The Morgan fingerprint density at radius 2 is 1.88 bits per heavy atom. The first-order valence-corrected chi connectivity index (χ1v) is 11.3. The van der Waals surface area contributed by atoms with Gasteiger partial charge in [-0.15, -0.1) is 0 Å². The fourth-order valence-corrected chi connectivity index (χ4v) is 4.61. The molecule has 0 saturated carbocycles. The number of rotatable bonds is 5. The lowest BCUT2D eigenvalue weighted by molar-refractivity contribution is -0.140. The number of hydrogen-bond acceptors (Lipinski definition) is 5. The number of carbonyl (C=O) groups is 2. The molecule has 34 heavy (non-hydrogen) atoms. The van der Waals surface area contributed by atoms with E-state index in [1.807, 2.05) is 26.0 Å². The van der Waals surface area contributed by atoms with Crippen LogP contribution in [0.5, 0.6) is 5.75 Å². The van der Waals surface area contributed by atoms with Gasteiger partial charge in [-0.25, -0.2) is 0 Å². The SMILES string of the molecule is COc1c(C)cc(C)cc1/C(O)=C1\C(=O)C(=O)N(Cc2cccnc2)C1c1ccc(Cl)c(Cl)c1. The third kappa shape index (κ3) is 4.27. The Morgan fingerprint density at radius 3 is 2.53 bits per heavy atom. The molecule has 0 aliphatic carbocycles. The molecule has 6 nitrogen and oxygen atoms in total. The van der Waals surface area contributed by atoms with Gasteiger partial charge in [-0.3, -0.25) is 14.6 Å². The van der Waals surface area contributed by atoms with E-state index in [4.69, 9.17) is 27.9 Å². The van der Waals surface area contributed by atoms with Gasteiger partial charge in [0, 0.05) is 18.9 Å². The number of amides is 1. The average Bonchev–Trinajstić information content (AvgIpc) is 3.05. The van der Waals surface area contributed by atoms with Crippen LogP contribution >= 0.6 is 23.2 Å². The molecule has 2 aromatic carbocycles. The van der Waals surface area contributed by atoms with E-state index in [2.05, 4.69) is 4.98 Å². The van der Waals surface area contributed by atoms with E-state index in [-0.39, 0.29) is 22.9 Å². The number of halogens is 2. The van der Waals surface area contributed by atoms with Crippen molar-refractivity contribution in [3.05, 3.63) is 98.3 Å². The number of nitrogens with zero attached hydrogens (tertiary/aromatic N) is 2. The van der Waals surface area contributed by atoms with E-state index in [1.165, 1.54) is 12.0 Å². The van der Waals surface area contributed by atoms with Gasteiger partial charge in [-0.2, -0.15) is 0 Å². The summed E-state index contributed by atoms with van der Waals surface area (Å²) in [6.45, 7) is 3.84. The maximum absolute atomic E-state index is 13.3. The standard InChI is InChI=1S/C26H22Cl2N2O4/c1-14-9-15(2)25(34-3)18(10-14)23(31)21-22(17-6-7-19(27)20(28)11-17)30(26(33)24(21)32)13-16-5-4-8-29-12-16/h4-12,22,31H,13H2,1-3H3/b23-21+. The fourth-order valence-electron chi connectivity index (χ4n) is 4.31. The van der Waals surface area contributed by atoms with Crippen molar-refractivity contribution in [2.75, 3.05) is 7.11 Å². The van der Waals surface area contributed by atoms with Crippen LogP contribution in [0.1, 0.15) is 33.9 Å². The lowest BCUT2D eigenvalue weighted by Gasteiger charge is -2.26. The monoisotopic (exact) mass is 496 g/mol. The molecule has 1 atom stereocenters. The minimum atomic E-state index is -0.888. The molecule has 1 saturated heterocycles. The quantitative estimate of drug-likeness (QED) is 0.281. The van der Waals surface area contributed by atoms with Crippen molar-refractivity contribution in [1.29, 1.82) is 0 Å². The number of methoxy groups -OCH3 is 1. The average molecular weight is 497 g/mol. The van der Waals surface area contributed by atoms with Crippen LogP contribution in [0.2, 0.25) is 10.0 Å². The lowest BCUT2D eigenvalue weighted by Crippen LogP contribution is -2.29. The summed E-state index contributed by atoms with van der Waals surface area (Å²) >= 11 is 12.4. The maximum Gasteiger partial charge on any atom is 0.295 e. The summed E-state index contributed by atoms with van der Waals surface area (Å²) < 4.78 is 5.52. The van der Waals surface area contributed by atoms with Gasteiger partial charge in [-0.1, -0.05) is 41.4 Å². The normalized spacial score (nSPS) is 17.3. The number of carbonyl (C=O) groups excluding carboxylic acids is 2. The smallest absolute Gasteiger partial charge is 0.295 e. The second kappa shape index (κ2) is 9.49. The number of pyridine rings is 1. The number of likely N-dealkylation sites (tertiary alicyclic amines) is 1. The zero-order valence-electron chi connectivity index (χ0n) is 18.8. The van der Waals surface area contributed by atoms with Crippen LogP contribution in [0.15, 0.2) is 60.4 Å². The summed E-state index contributed by atoms with van der Waals surface area (Å²) in [5, 5.41) is 12.0. The third-order valence-corrected chi connectivity index (χ3v) is 6.49. The van der Waals surface area contributed by atoms with Crippen molar-refractivity contribution in [2.24, 2.45) is 0 Å². The van der Waals surface area contributed by atoms with Crippen molar-refractivity contribution in [1.82, 2.24) is 9.88 Å². The summed E-state index contributed by atoms with van der Waals surface area (Å²) in [6.07, 6.45) is 3.25. The summed E-state index contributed by atoms with van der Waals surface area (Å²) in [6, 6.07) is 11.2. The van der Waals surface area contributed by atoms with Crippen LogP contribution in [0.25, 0.3) is 5.76 Å². The van der Waals surface area contributed by atoms with Crippen LogP contribution in [0, 0.1) is 13.8 Å². The van der Waals surface area contributed by atoms with Gasteiger partial charge in [0.2, 0.25) is 0 Å². The predicted molar refractivity (Wildman–Crippen MR) is 131 cm³/mol. The van der Waals surface area contributed by atoms with Crippen molar-refractivity contribution in [3.63, 3.8) is 0 Å². The molecular formula is C26H22Cl2N2O4.